The van der Waals surface area contributed by atoms with Crippen LogP contribution >= 0.6 is 0 Å². The van der Waals surface area contributed by atoms with Crippen molar-refractivity contribution < 1.29 is 14.6 Å². The van der Waals surface area contributed by atoms with E-state index in [-0.39, 0.29) is 0 Å². The van der Waals surface area contributed by atoms with E-state index in [4.69, 9.17) is 9.47 Å². The quantitative estimate of drug-likeness (QED) is 0.820. The summed E-state index contributed by atoms with van der Waals surface area (Å²) in [7, 11) is 1.62. The van der Waals surface area contributed by atoms with Crippen molar-refractivity contribution in [3.63, 3.8) is 0 Å². The number of nitrogens with one attached hydrogen (secondary N) is 1. The maximum Gasteiger partial charge on any atom is 0.213 e. The third kappa shape index (κ3) is 4.36. The number of benzene rings is 1. The lowest BCUT2D eigenvalue weighted by atomic mass is 10.1. The van der Waals surface area contributed by atoms with Crippen LogP contribution in [0.5, 0.6) is 11.6 Å². The monoisotopic (exact) mass is 288 g/mol. The highest BCUT2D eigenvalue weighted by atomic mass is 16.5. The van der Waals surface area contributed by atoms with Gasteiger partial charge in [0.05, 0.1) is 31.7 Å². The summed E-state index contributed by atoms with van der Waals surface area (Å²) < 4.78 is 10.4. The molecule has 112 valence electrons. The van der Waals surface area contributed by atoms with Crippen molar-refractivity contribution >= 4 is 5.69 Å². The molecule has 0 fully saturated rings. The van der Waals surface area contributed by atoms with Crippen LogP contribution in [0.4, 0.5) is 5.69 Å². The molecule has 5 nitrogen and oxygen atoms in total. The smallest absolute Gasteiger partial charge is 0.213 e. The van der Waals surface area contributed by atoms with E-state index in [0.29, 0.717) is 19.0 Å². The number of anilines is 1. The summed E-state index contributed by atoms with van der Waals surface area (Å²) in [6, 6.07) is 11.0. The second kappa shape index (κ2) is 7.50. The van der Waals surface area contributed by atoms with E-state index in [1.165, 1.54) is 0 Å². The van der Waals surface area contributed by atoms with Crippen molar-refractivity contribution in [1.29, 1.82) is 0 Å². The Morgan fingerprint density at radius 3 is 2.52 bits per heavy atom. The first-order valence-electron chi connectivity index (χ1n) is 6.87. The van der Waals surface area contributed by atoms with Gasteiger partial charge >= 0.3 is 0 Å². The molecular weight excluding hydrogens is 268 g/mol. The van der Waals surface area contributed by atoms with E-state index in [1.807, 2.05) is 37.3 Å². The van der Waals surface area contributed by atoms with Crippen LogP contribution in [0.15, 0.2) is 42.6 Å². The molecule has 0 saturated heterocycles. The number of rotatable bonds is 7. The summed E-state index contributed by atoms with van der Waals surface area (Å²) >= 11 is 0. The highest BCUT2D eigenvalue weighted by Crippen LogP contribution is 2.18. The lowest BCUT2D eigenvalue weighted by molar-refractivity contribution is 0.191. The lowest BCUT2D eigenvalue weighted by Gasteiger charge is -2.13. The second-order valence-electron chi connectivity index (χ2n) is 4.49. The molecule has 0 aliphatic carbocycles. The second-order valence-corrected chi connectivity index (χ2v) is 4.49. The van der Waals surface area contributed by atoms with Gasteiger partial charge in [-0.3, -0.25) is 0 Å². The predicted octanol–water partition coefficient (Wildman–Crippen LogP) is 2.63. The van der Waals surface area contributed by atoms with Gasteiger partial charge in [-0.05, 0) is 30.7 Å². The minimum atomic E-state index is -0.595. The highest BCUT2D eigenvalue weighted by molar-refractivity contribution is 5.42. The van der Waals surface area contributed by atoms with Gasteiger partial charge in [0.15, 0.2) is 0 Å². The van der Waals surface area contributed by atoms with E-state index >= 15 is 0 Å². The summed E-state index contributed by atoms with van der Waals surface area (Å²) in [5.41, 5.74) is 1.67. The van der Waals surface area contributed by atoms with Gasteiger partial charge in [0.25, 0.3) is 0 Å². The third-order valence-corrected chi connectivity index (χ3v) is 3.03. The largest absolute Gasteiger partial charge is 0.497 e. The van der Waals surface area contributed by atoms with Gasteiger partial charge < -0.3 is 19.9 Å². The van der Waals surface area contributed by atoms with Gasteiger partial charge in [0, 0.05) is 12.6 Å². The zero-order valence-corrected chi connectivity index (χ0v) is 12.2. The molecule has 1 aromatic carbocycles. The van der Waals surface area contributed by atoms with E-state index in [1.54, 1.807) is 19.4 Å². The molecular formula is C16H20N2O3. The average Bonchev–Trinajstić information content (AvgIpc) is 2.54. The average molecular weight is 288 g/mol. The number of hydrogen-bond acceptors (Lipinski definition) is 5. The SMILES string of the molecule is CCOc1ccc(NCC(O)c2ccc(OC)cc2)cn1. The van der Waals surface area contributed by atoms with Crippen molar-refractivity contribution in [2.45, 2.75) is 13.0 Å². The molecule has 5 heteroatoms. The summed E-state index contributed by atoms with van der Waals surface area (Å²) in [5.74, 6) is 1.37. The Labute approximate surface area is 124 Å². The van der Waals surface area contributed by atoms with Crippen molar-refractivity contribution in [1.82, 2.24) is 4.98 Å². The molecule has 1 aromatic heterocycles. The molecule has 0 aliphatic heterocycles. The van der Waals surface area contributed by atoms with Gasteiger partial charge in [-0.1, -0.05) is 12.1 Å². The van der Waals surface area contributed by atoms with Crippen molar-refractivity contribution in [3.8, 4) is 11.6 Å². The molecule has 2 rings (SSSR count). The molecule has 2 N–H and O–H groups in total. The number of nitrogens with zero attached hydrogens (tertiary/aromatic N) is 1. The molecule has 2 aromatic rings. The molecule has 0 amide bonds. The van der Waals surface area contributed by atoms with Crippen molar-refractivity contribution in [2.24, 2.45) is 0 Å². The normalized spacial score (nSPS) is 11.8. The Morgan fingerprint density at radius 2 is 1.95 bits per heavy atom. The highest BCUT2D eigenvalue weighted by Gasteiger charge is 2.07. The van der Waals surface area contributed by atoms with Crippen LogP contribution in [0.1, 0.15) is 18.6 Å². The van der Waals surface area contributed by atoms with Crippen LogP contribution < -0.4 is 14.8 Å². The van der Waals surface area contributed by atoms with Crippen LogP contribution in [-0.4, -0.2) is 30.4 Å². The fourth-order valence-electron chi connectivity index (χ4n) is 1.88. The maximum absolute atomic E-state index is 10.1. The number of aliphatic hydroxyl groups is 1. The van der Waals surface area contributed by atoms with Crippen LogP contribution in [0, 0.1) is 0 Å². The standard InChI is InChI=1S/C16H20N2O3/c1-3-21-16-9-6-13(10-18-16)17-11-15(19)12-4-7-14(20-2)8-5-12/h4-10,15,17,19H,3,11H2,1-2H3. The molecule has 0 saturated carbocycles. The molecule has 1 unspecified atom stereocenters. The van der Waals surface area contributed by atoms with E-state index in [2.05, 4.69) is 10.3 Å². The van der Waals surface area contributed by atoms with Crippen LogP contribution in [0.3, 0.4) is 0 Å². The third-order valence-electron chi connectivity index (χ3n) is 3.03. The fraction of sp³-hybridized carbons (Fsp3) is 0.312. The zero-order valence-electron chi connectivity index (χ0n) is 12.2. The van der Waals surface area contributed by atoms with Gasteiger partial charge in [-0.2, -0.15) is 0 Å². The number of pyridine rings is 1. The van der Waals surface area contributed by atoms with E-state index < -0.39 is 6.10 Å². The summed E-state index contributed by atoms with van der Waals surface area (Å²) in [4.78, 5) is 4.16. The Kier molecular flexibility index (Phi) is 5.40. The minimum absolute atomic E-state index is 0.405. The van der Waals surface area contributed by atoms with E-state index in [9.17, 15) is 5.11 Å². The lowest BCUT2D eigenvalue weighted by Crippen LogP contribution is -2.12. The van der Waals surface area contributed by atoms with Gasteiger partial charge in [-0.25, -0.2) is 4.98 Å². The minimum Gasteiger partial charge on any atom is -0.497 e. The summed E-state index contributed by atoms with van der Waals surface area (Å²) in [5, 5.41) is 13.3. The zero-order chi connectivity index (χ0) is 15.1. The van der Waals surface area contributed by atoms with Crippen LogP contribution in [0.2, 0.25) is 0 Å². The van der Waals surface area contributed by atoms with Crippen LogP contribution in [-0.2, 0) is 0 Å². The van der Waals surface area contributed by atoms with E-state index in [0.717, 1.165) is 17.0 Å². The number of aliphatic hydroxyl groups excluding tert-OH is 1. The summed E-state index contributed by atoms with van der Waals surface area (Å²) in [6.45, 7) is 2.91. The Hall–Kier alpha value is -2.27. The molecule has 1 heterocycles. The molecule has 1 atom stereocenters. The summed E-state index contributed by atoms with van der Waals surface area (Å²) in [6.07, 6.45) is 1.09. The van der Waals surface area contributed by atoms with Gasteiger partial charge in [0.1, 0.15) is 5.75 Å². The van der Waals surface area contributed by atoms with Crippen molar-refractivity contribution in [2.75, 3.05) is 25.6 Å². The fourth-order valence-corrected chi connectivity index (χ4v) is 1.88. The number of aromatic nitrogens is 1. The first-order valence-corrected chi connectivity index (χ1v) is 6.87. The van der Waals surface area contributed by atoms with Crippen LogP contribution in [0.25, 0.3) is 0 Å². The number of hydrogen-bond donors (Lipinski definition) is 2. The molecule has 0 spiro atoms. The van der Waals surface area contributed by atoms with Gasteiger partial charge in [-0.15, -0.1) is 0 Å². The number of methoxy groups -OCH3 is 1. The topological polar surface area (TPSA) is 63.6 Å². The Balaban J connectivity index is 1.88. The molecule has 0 bridgehead atoms. The predicted molar refractivity (Wildman–Crippen MR) is 81.8 cm³/mol. The Morgan fingerprint density at radius 1 is 1.19 bits per heavy atom. The first kappa shape index (κ1) is 15.1. The maximum atomic E-state index is 10.1. The number of ether oxygens (including phenoxy) is 2. The molecule has 21 heavy (non-hydrogen) atoms. The Bertz CT molecular complexity index is 540. The van der Waals surface area contributed by atoms with Crippen molar-refractivity contribution in [3.05, 3.63) is 48.2 Å². The molecule has 0 aliphatic rings. The molecule has 0 radical (unpaired) electrons. The first-order chi connectivity index (χ1) is 10.2. The van der Waals surface area contributed by atoms with Gasteiger partial charge in [0.2, 0.25) is 5.88 Å².